The van der Waals surface area contributed by atoms with Gasteiger partial charge in [0, 0.05) is 18.9 Å². The number of carbonyl (C=O) groups is 1. The van der Waals surface area contributed by atoms with Crippen LogP contribution in [0.3, 0.4) is 0 Å². The van der Waals surface area contributed by atoms with Gasteiger partial charge in [-0.15, -0.1) is 0 Å². The van der Waals surface area contributed by atoms with Crippen molar-refractivity contribution >= 4 is 5.91 Å². The van der Waals surface area contributed by atoms with Crippen molar-refractivity contribution < 1.29 is 14.3 Å². The predicted molar refractivity (Wildman–Crippen MR) is 78.4 cm³/mol. The first kappa shape index (κ1) is 14.7. The molecule has 1 amide bonds. The zero-order chi connectivity index (χ0) is 14.5. The van der Waals surface area contributed by atoms with Crippen molar-refractivity contribution in [1.82, 2.24) is 5.32 Å². The summed E-state index contributed by atoms with van der Waals surface area (Å²) >= 11 is 0. The molecule has 0 aromatic heterocycles. The first-order valence-electron chi connectivity index (χ1n) is 7.14. The minimum Gasteiger partial charge on any atom is -0.493 e. The van der Waals surface area contributed by atoms with Crippen LogP contribution in [0.25, 0.3) is 0 Å². The van der Waals surface area contributed by atoms with Crippen LogP contribution in [0.4, 0.5) is 0 Å². The third-order valence-corrected chi connectivity index (χ3v) is 3.99. The lowest BCUT2D eigenvalue weighted by molar-refractivity contribution is -0.120. The number of rotatable bonds is 4. The Labute approximate surface area is 120 Å². The molecule has 0 spiro atoms. The molecular formula is C16H23NO3. The molecule has 0 heterocycles. The van der Waals surface area contributed by atoms with E-state index >= 15 is 0 Å². The van der Waals surface area contributed by atoms with E-state index in [1.807, 2.05) is 12.1 Å². The number of hydrogen-bond acceptors (Lipinski definition) is 3. The van der Waals surface area contributed by atoms with E-state index in [1.165, 1.54) is 18.4 Å². The fraction of sp³-hybridized carbons (Fsp3) is 0.562. The zero-order valence-electron chi connectivity index (χ0n) is 12.4. The second kappa shape index (κ2) is 6.64. The summed E-state index contributed by atoms with van der Waals surface area (Å²) in [5.41, 5.74) is 1.21. The van der Waals surface area contributed by atoms with Gasteiger partial charge in [-0.25, -0.2) is 0 Å². The quantitative estimate of drug-likeness (QED) is 0.920. The summed E-state index contributed by atoms with van der Waals surface area (Å²) in [6, 6.07) is 6.27. The predicted octanol–water partition coefficient (Wildman–Crippen LogP) is 2.87. The van der Waals surface area contributed by atoms with Crippen LogP contribution in [0, 0.1) is 0 Å². The lowest BCUT2D eigenvalue weighted by atomic mass is 9.80. The molecular weight excluding hydrogens is 254 g/mol. The molecule has 1 saturated carbocycles. The Balaban J connectivity index is 2.25. The molecule has 0 radical (unpaired) electrons. The van der Waals surface area contributed by atoms with Gasteiger partial charge in [0.15, 0.2) is 11.5 Å². The zero-order valence-corrected chi connectivity index (χ0v) is 12.4. The van der Waals surface area contributed by atoms with Crippen molar-refractivity contribution in [3.8, 4) is 11.5 Å². The highest BCUT2D eigenvalue weighted by atomic mass is 16.5. The molecule has 0 unspecified atom stereocenters. The molecule has 0 bridgehead atoms. The Morgan fingerprint density at radius 2 is 1.85 bits per heavy atom. The van der Waals surface area contributed by atoms with Gasteiger partial charge in [0.05, 0.1) is 14.2 Å². The Morgan fingerprint density at radius 3 is 2.50 bits per heavy atom. The van der Waals surface area contributed by atoms with Crippen LogP contribution < -0.4 is 14.8 Å². The summed E-state index contributed by atoms with van der Waals surface area (Å²) in [7, 11) is 3.28. The lowest BCUT2D eigenvalue weighted by Gasteiger charge is -2.32. The van der Waals surface area contributed by atoms with Gasteiger partial charge in [-0.3, -0.25) is 4.79 Å². The minimum atomic E-state index is 0.0439. The Kier molecular flexibility index (Phi) is 4.88. The monoisotopic (exact) mass is 277 g/mol. The highest BCUT2D eigenvalue weighted by molar-refractivity contribution is 5.73. The average molecular weight is 277 g/mol. The standard InChI is InChI=1S/C16H23NO3/c1-11(18)17-14-7-5-4-6-13(14)12-8-9-15(19-2)16(10-12)20-3/h8-10,13-14H,4-7H2,1-3H3,(H,17,18)/t13-,14-/m0/s1. The summed E-state index contributed by atoms with van der Waals surface area (Å²) in [4.78, 5) is 11.4. The number of hydrogen-bond donors (Lipinski definition) is 1. The number of carbonyl (C=O) groups excluding carboxylic acids is 1. The van der Waals surface area contributed by atoms with Crippen molar-refractivity contribution in [2.75, 3.05) is 14.2 Å². The second-order valence-electron chi connectivity index (χ2n) is 5.31. The van der Waals surface area contributed by atoms with Gasteiger partial charge in [-0.2, -0.15) is 0 Å². The summed E-state index contributed by atoms with van der Waals surface area (Å²) in [5.74, 6) is 1.88. The molecule has 110 valence electrons. The smallest absolute Gasteiger partial charge is 0.217 e. The van der Waals surface area contributed by atoms with E-state index in [2.05, 4.69) is 11.4 Å². The number of methoxy groups -OCH3 is 2. The molecule has 1 aromatic carbocycles. The van der Waals surface area contributed by atoms with Crippen LogP contribution in [-0.4, -0.2) is 26.2 Å². The van der Waals surface area contributed by atoms with E-state index in [1.54, 1.807) is 21.1 Å². The SMILES string of the molecule is COc1ccc([C@@H]2CCCC[C@@H]2NC(C)=O)cc1OC. The molecule has 1 aromatic rings. The molecule has 2 rings (SSSR count). The van der Waals surface area contributed by atoms with E-state index in [0.29, 0.717) is 5.92 Å². The maximum atomic E-state index is 11.4. The molecule has 4 nitrogen and oxygen atoms in total. The van der Waals surface area contributed by atoms with Gasteiger partial charge in [0.1, 0.15) is 0 Å². The van der Waals surface area contributed by atoms with Gasteiger partial charge < -0.3 is 14.8 Å². The van der Waals surface area contributed by atoms with Gasteiger partial charge in [0.25, 0.3) is 0 Å². The third kappa shape index (κ3) is 3.24. The maximum absolute atomic E-state index is 11.4. The molecule has 0 aliphatic heterocycles. The highest BCUT2D eigenvalue weighted by Gasteiger charge is 2.27. The molecule has 2 atom stereocenters. The van der Waals surface area contributed by atoms with E-state index in [-0.39, 0.29) is 11.9 Å². The molecule has 20 heavy (non-hydrogen) atoms. The van der Waals surface area contributed by atoms with Crippen molar-refractivity contribution in [2.45, 2.75) is 44.6 Å². The second-order valence-corrected chi connectivity index (χ2v) is 5.31. The summed E-state index contributed by atoms with van der Waals surface area (Å²) < 4.78 is 10.6. The van der Waals surface area contributed by atoms with Crippen LogP contribution in [-0.2, 0) is 4.79 Å². The van der Waals surface area contributed by atoms with Crippen molar-refractivity contribution in [3.05, 3.63) is 23.8 Å². The van der Waals surface area contributed by atoms with Crippen molar-refractivity contribution in [2.24, 2.45) is 0 Å². The highest BCUT2D eigenvalue weighted by Crippen LogP contribution is 2.37. The van der Waals surface area contributed by atoms with Gasteiger partial charge >= 0.3 is 0 Å². The number of benzene rings is 1. The Bertz CT molecular complexity index is 473. The normalized spacial score (nSPS) is 22.1. The van der Waals surface area contributed by atoms with E-state index < -0.39 is 0 Å². The molecule has 1 fully saturated rings. The van der Waals surface area contributed by atoms with Crippen LogP contribution in [0.2, 0.25) is 0 Å². The van der Waals surface area contributed by atoms with Crippen LogP contribution in [0.5, 0.6) is 11.5 Å². The Morgan fingerprint density at radius 1 is 1.15 bits per heavy atom. The molecule has 0 saturated heterocycles. The van der Waals surface area contributed by atoms with Crippen LogP contribution in [0.1, 0.15) is 44.1 Å². The first-order valence-corrected chi connectivity index (χ1v) is 7.14. The van der Waals surface area contributed by atoms with E-state index in [4.69, 9.17) is 9.47 Å². The molecule has 4 heteroatoms. The Hall–Kier alpha value is -1.71. The average Bonchev–Trinajstić information content (AvgIpc) is 2.46. The molecule has 1 N–H and O–H groups in total. The molecule has 1 aliphatic carbocycles. The van der Waals surface area contributed by atoms with E-state index in [9.17, 15) is 4.79 Å². The van der Waals surface area contributed by atoms with Gasteiger partial charge in [-0.05, 0) is 30.5 Å². The maximum Gasteiger partial charge on any atom is 0.217 e. The third-order valence-electron chi connectivity index (χ3n) is 3.99. The summed E-state index contributed by atoms with van der Waals surface area (Å²) in [6.07, 6.45) is 4.52. The fourth-order valence-corrected chi connectivity index (χ4v) is 3.05. The van der Waals surface area contributed by atoms with Gasteiger partial charge in [0.2, 0.25) is 5.91 Å². The topological polar surface area (TPSA) is 47.6 Å². The minimum absolute atomic E-state index is 0.0439. The number of nitrogens with one attached hydrogen (secondary N) is 1. The van der Waals surface area contributed by atoms with Crippen LogP contribution >= 0.6 is 0 Å². The van der Waals surface area contributed by atoms with Crippen molar-refractivity contribution in [1.29, 1.82) is 0 Å². The number of ether oxygens (including phenoxy) is 2. The first-order chi connectivity index (χ1) is 9.65. The fourth-order valence-electron chi connectivity index (χ4n) is 3.05. The molecule has 1 aliphatic rings. The lowest BCUT2D eigenvalue weighted by Crippen LogP contribution is -2.39. The summed E-state index contributed by atoms with van der Waals surface area (Å²) in [6.45, 7) is 1.58. The number of amides is 1. The van der Waals surface area contributed by atoms with E-state index in [0.717, 1.165) is 24.3 Å². The summed E-state index contributed by atoms with van der Waals surface area (Å²) in [5, 5.41) is 3.09. The largest absolute Gasteiger partial charge is 0.493 e. The van der Waals surface area contributed by atoms with Gasteiger partial charge in [-0.1, -0.05) is 18.9 Å². The van der Waals surface area contributed by atoms with Crippen molar-refractivity contribution in [3.63, 3.8) is 0 Å². The van der Waals surface area contributed by atoms with Crippen LogP contribution in [0.15, 0.2) is 18.2 Å².